The van der Waals surface area contributed by atoms with Crippen LogP contribution in [0.15, 0.2) is 60.8 Å². The van der Waals surface area contributed by atoms with Gasteiger partial charge in [-0.15, -0.1) is 0 Å². The molecule has 2 amide bonds. The number of carbonyl (C=O) groups is 2. The smallest absolute Gasteiger partial charge is 0.251 e. The summed E-state index contributed by atoms with van der Waals surface area (Å²) in [7, 11) is 3.91. The van der Waals surface area contributed by atoms with Crippen molar-refractivity contribution in [1.29, 1.82) is 0 Å². The maximum atomic E-state index is 12.3. The van der Waals surface area contributed by atoms with Gasteiger partial charge in [-0.1, -0.05) is 24.3 Å². The molecule has 0 aliphatic heterocycles. The summed E-state index contributed by atoms with van der Waals surface area (Å²) in [5, 5.41) is 6.92. The first-order valence-corrected chi connectivity index (χ1v) is 9.39. The zero-order valence-corrected chi connectivity index (χ0v) is 16.3. The number of hydrogen-bond acceptors (Lipinski definition) is 3. The van der Waals surface area contributed by atoms with Crippen molar-refractivity contribution in [2.75, 3.05) is 32.5 Å². The Morgan fingerprint density at radius 2 is 1.86 bits per heavy atom. The van der Waals surface area contributed by atoms with Crippen LogP contribution < -0.4 is 10.6 Å². The average molecular weight is 378 g/mol. The lowest BCUT2D eigenvalue weighted by Crippen LogP contribution is -2.31. The molecule has 0 saturated heterocycles. The molecule has 0 aliphatic rings. The maximum absolute atomic E-state index is 12.3. The monoisotopic (exact) mass is 378 g/mol. The molecule has 0 spiro atoms. The van der Waals surface area contributed by atoms with Crippen LogP contribution in [0.1, 0.15) is 16.8 Å². The van der Waals surface area contributed by atoms with Crippen molar-refractivity contribution < 1.29 is 9.59 Å². The minimum atomic E-state index is -0.142. The van der Waals surface area contributed by atoms with Crippen LogP contribution in [0.5, 0.6) is 0 Å². The molecule has 28 heavy (non-hydrogen) atoms. The van der Waals surface area contributed by atoms with Crippen LogP contribution in [0.25, 0.3) is 10.9 Å². The second kappa shape index (κ2) is 9.19. The van der Waals surface area contributed by atoms with Gasteiger partial charge in [0, 0.05) is 49.0 Å². The third kappa shape index (κ3) is 5.20. The first kappa shape index (κ1) is 19.6. The molecule has 0 saturated carbocycles. The van der Waals surface area contributed by atoms with E-state index in [-0.39, 0.29) is 11.8 Å². The molecule has 146 valence electrons. The average Bonchev–Trinajstić information content (AvgIpc) is 3.09. The summed E-state index contributed by atoms with van der Waals surface area (Å²) in [5.74, 6) is -0.222. The van der Waals surface area contributed by atoms with E-state index in [9.17, 15) is 9.59 Å². The van der Waals surface area contributed by atoms with Gasteiger partial charge in [-0.2, -0.15) is 0 Å². The molecule has 6 nitrogen and oxygen atoms in total. The van der Waals surface area contributed by atoms with Gasteiger partial charge in [0.05, 0.1) is 0 Å². The number of amides is 2. The highest BCUT2D eigenvalue weighted by Gasteiger charge is 2.09. The van der Waals surface area contributed by atoms with E-state index in [1.165, 1.54) is 0 Å². The SMILES string of the molecule is CN(C)CCNC(=O)c1cccc(NC(=O)CCn2ccc3ccccc32)c1. The Labute approximate surface area is 165 Å². The van der Waals surface area contributed by atoms with Crippen molar-refractivity contribution in [2.24, 2.45) is 0 Å². The quantitative estimate of drug-likeness (QED) is 0.633. The minimum absolute atomic E-state index is 0.0806. The molecule has 0 radical (unpaired) electrons. The van der Waals surface area contributed by atoms with Crippen molar-refractivity contribution in [3.8, 4) is 0 Å². The number of fused-ring (bicyclic) bond motifs is 1. The van der Waals surface area contributed by atoms with Crippen LogP contribution in [0.4, 0.5) is 5.69 Å². The van der Waals surface area contributed by atoms with Crippen LogP contribution in [0.2, 0.25) is 0 Å². The Morgan fingerprint density at radius 1 is 1.04 bits per heavy atom. The molecule has 0 bridgehead atoms. The Balaban J connectivity index is 1.54. The van der Waals surface area contributed by atoms with E-state index in [0.717, 1.165) is 17.4 Å². The Morgan fingerprint density at radius 3 is 2.68 bits per heavy atom. The van der Waals surface area contributed by atoms with Crippen LogP contribution in [0.3, 0.4) is 0 Å². The fourth-order valence-corrected chi connectivity index (χ4v) is 3.01. The Kier molecular flexibility index (Phi) is 6.45. The van der Waals surface area contributed by atoms with E-state index < -0.39 is 0 Å². The van der Waals surface area contributed by atoms with Crippen LogP contribution in [0, 0.1) is 0 Å². The van der Waals surface area contributed by atoms with E-state index in [0.29, 0.717) is 30.8 Å². The van der Waals surface area contributed by atoms with Crippen molar-refractivity contribution >= 4 is 28.4 Å². The van der Waals surface area contributed by atoms with Gasteiger partial charge < -0.3 is 20.1 Å². The molecular weight excluding hydrogens is 352 g/mol. The fraction of sp³-hybridized carbons (Fsp3) is 0.273. The normalized spacial score (nSPS) is 11.0. The van der Waals surface area contributed by atoms with Crippen LogP contribution in [-0.2, 0) is 11.3 Å². The summed E-state index contributed by atoms with van der Waals surface area (Å²) >= 11 is 0. The van der Waals surface area contributed by atoms with Gasteiger partial charge >= 0.3 is 0 Å². The second-order valence-corrected chi connectivity index (χ2v) is 7.01. The third-order valence-electron chi connectivity index (χ3n) is 4.51. The maximum Gasteiger partial charge on any atom is 0.251 e. The predicted molar refractivity (Wildman–Crippen MR) is 113 cm³/mol. The van der Waals surface area contributed by atoms with Gasteiger partial charge in [0.1, 0.15) is 0 Å². The molecule has 1 aromatic heterocycles. The number of nitrogens with one attached hydrogen (secondary N) is 2. The molecule has 0 atom stereocenters. The van der Waals surface area contributed by atoms with E-state index >= 15 is 0 Å². The fourth-order valence-electron chi connectivity index (χ4n) is 3.01. The zero-order chi connectivity index (χ0) is 19.9. The molecule has 0 fully saturated rings. The number of aryl methyl sites for hydroxylation is 1. The highest BCUT2D eigenvalue weighted by Crippen LogP contribution is 2.16. The first-order valence-electron chi connectivity index (χ1n) is 9.39. The number of aromatic nitrogens is 1. The van der Waals surface area contributed by atoms with E-state index in [2.05, 4.69) is 21.3 Å². The van der Waals surface area contributed by atoms with Gasteiger partial charge in [0.25, 0.3) is 5.91 Å². The molecule has 6 heteroatoms. The van der Waals surface area contributed by atoms with Gasteiger partial charge in [-0.05, 0) is 49.8 Å². The molecule has 0 unspecified atom stereocenters. The lowest BCUT2D eigenvalue weighted by molar-refractivity contribution is -0.116. The van der Waals surface area contributed by atoms with Crippen molar-refractivity contribution in [3.63, 3.8) is 0 Å². The topological polar surface area (TPSA) is 66.4 Å². The molecule has 3 rings (SSSR count). The molecule has 1 heterocycles. The number of rotatable bonds is 8. The standard InChI is InChI=1S/C22H26N4O2/c1-25(2)15-12-23-22(28)18-7-5-8-19(16-18)24-21(27)11-14-26-13-10-17-6-3-4-9-20(17)26/h3-10,13,16H,11-12,14-15H2,1-2H3,(H,23,28)(H,24,27). The summed E-state index contributed by atoms with van der Waals surface area (Å²) in [4.78, 5) is 26.6. The molecule has 2 aromatic carbocycles. The summed E-state index contributed by atoms with van der Waals surface area (Å²) in [5.41, 5.74) is 2.28. The first-order chi connectivity index (χ1) is 13.5. The summed E-state index contributed by atoms with van der Waals surface area (Å²) in [6, 6.07) is 17.2. The summed E-state index contributed by atoms with van der Waals surface area (Å²) in [6.45, 7) is 1.95. The predicted octanol–water partition coefficient (Wildman–Crippen LogP) is 2.96. The largest absolute Gasteiger partial charge is 0.351 e. The number of benzene rings is 2. The van der Waals surface area contributed by atoms with Crippen molar-refractivity contribution in [3.05, 3.63) is 66.4 Å². The highest BCUT2D eigenvalue weighted by atomic mass is 16.2. The lowest BCUT2D eigenvalue weighted by Gasteiger charge is -2.11. The highest BCUT2D eigenvalue weighted by molar-refractivity contribution is 5.97. The van der Waals surface area contributed by atoms with Gasteiger partial charge in [0.15, 0.2) is 0 Å². The third-order valence-corrected chi connectivity index (χ3v) is 4.51. The molecule has 3 aromatic rings. The number of nitrogens with zero attached hydrogens (tertiary/aromatic N) is 2. The van der Waals surface area contributed by atoms with Gasteiger partial charge in [-0.25, -0.2) is 0 Å². The van der Waals surface area contributed by atoms with Gasteiger partial charge in [-0.3, -0.25) is 9.59 Å². The van der Waals surface area contributed by atoms with Crippen LogP contribution in [-0.4, -0.2) is 48.5 Å². The van der Waals surface area contributed by atoms with E-state index in [1.54, 1.807) is 24.3 Å². The van der Waals surface area contributed by atoms with E-state index in [1.807, 2.05) is 49.5 Å². The second-order valence-electron chi connectivity index (χ2n) is 7.01. The number of para-hydroxylation sites is 1. The Bertz CT molecular complexity index is 962. The Hall–Kier alpha value is -3.12. The zero-order valence-electron chi connectivity index (χ0n) is 16.3. The molecule has 0 aliphatic carbocycles. The lowest BCUT2D eigenvalue weighted by atomic mass is 10.2. The van der Waals surface area contributed by atoms with Crippen LogP contribution >= 0.6 is 0 Å². The minimum Gasteiger partial charge on any atom is -0.351 e. The van der Waals surface area contributed by atoms with E-state index in [4.69, 9.17) is 0 Å². The number of anilines is 1. The summed E-state index contributed by atoms with van der Waals surface area (Å²) < 4.78 is 2.07. The number of hydrogen-bond donors (Lipinski definition) is 2. The van der Waals surface area contributed by atoms with Crippen molar-refractivity contribution in [2.45, 2.75) is 13.0 Å². The number of likely N-dealkylation sites (N-methyl/N-ethyl adjacent to an activating group) is 1. The molecular formula is C22H26N4O2. The molecule has 2 N–H and O–H groups in total. The van der Waals surface area contributed by atoms with Gasteiger partial charge in [0.2, 0.25) is 5.91 Å². The summed E-state index contributed by atoms with van der Waals surface area (Å²) in [6.07, 6.45) is 2.36. The van der Waals surface area contributed by atoms with Crippen molar-refractivity contribution in [1.82, 2.24) is 14.8 Å². The number of carbonyl (C=O) groups excluding carboxylic acids is 2.